The fraction of sp³-hybridized carbons (Fsp3) is 0.316. The Kier molecular flexibility index (Phi) is 11.5. The quantitative estimate of drug-likeness (QED) is 0.168. The van der Waals surface area contributed by atoms with Gasteiger partial charge in [-0.3, -0.25) is 13.9 Å². The van der Waals surface area contributed by atoms with Gasteiger partial charge in [-0.1, -0.05) is 97.1 Å². The van der Waals surface area contributed by atoms with Crippen LogP contribution in [0, 0.1) is 19.7 Å². The lowest BCUT2D eigenvalue weighted by molar-refractivity contribution is -0.140. The minimum atomic E-state index is -4.28. The third kappa shape index (κ3) is 8.62. The van der Waals surface area contributed by atoms with Gasteiger partial charge in [-0.25, -0.2) is 12.8 Å². The number of rotatable bonds is 12. The van der Waals surface area contributed by atoms with Crippen molar-refractivity contribution in [2.75, 3.05) is 10.8 Å². The van der Waals surface area contributed by atoms with Gasteiger partial charge in [0.1, 0.15) is 18.4 Å². The zero-order chi connectivity index (χ0) is 34.3. The minimum Gasteiger partial charge on any atom is -0.352 e. The van der Waals surface area contributed by atoms with E-state index in [1.165, 1.54) is 23.1 Å². The Balaban J connectivity index is 1.59. The average Bonchev–Trinajstić information content (AvgIpc) is 3.07. The SMILES string of the molecule is Cc1ccc(S(=O)(=O)N(CC(=O)N(Cc2ccccc2F)C(Cc2ccccc2)C(=O)NC2CCCCC2)c2ccc(Cl)cc2C)cc1. The van der Waals surface area contributed by atoms with E-state index in [9.17, 15) is 18.0 Å². The number of nitrogens with one attached hydrogen (secondary N) is 1. The molecule has 1 unspecified atom stereocenters. The lowest BCUT2D eigenvalue weighted by Crippen LogP contribution is -2.55. The van der Waals surface area contributed by atoms with Crippen molar-refractivity contribution in [3.8, 4) is 0 Å². The lowest BCUT2D eigenvalue weighted by atomic mass is 9.94. The summed E-state index contributed by atoms with van der Waals surface area (Å²) in [7, 11) is -4.28. The molecule has 0 heterocycles. The first kappa shape index (κ1) is 35.1. The monoisotopic (exact) mass is 689 g/mol. The molecule has 5 rings (SSSR count). The maximum atomic E-state index is 15.2. The number of hydrogen-bond donors (Lipinski definition) is 1. The van der Waals surface area contributed by atoms with Gasteiger partial charge in [0.15, 0.2) is 0 Å². The van der Waals surface area contributed by atoms with E-state index >= 15 is 4.39 Å². The summed E-state index contributed by atoms with van der Waals surface area (Å²) in [5.41, 5.74) is 2.71. The molecule has 1 N–H and O–H groups in total. The van der Waals surface area contributed by atoms with Crippen LogP contribution in [0.3, 0.4) is 0 Å². The van der Waals surface area contributed by atoms with Crippen molar-refractivity contribution < 1.29 is 22.4 Å². The second kappa shape index (κ2) is 15.8. The standard InChI is InChI=1S/C38H41ClFN3O4S/c1-27-17-20-33(21-18-27)48(46,47)43(35-22-19-31(39)23-28(35)2)26-37(44)42(25-30-13-9-10-16-34(30)40)36(24-29-11-5-3-6-12-29)38(45)41-32-14-7-4-8-15-32/h3,5-6,9-13,16-23,32,36H,4,7-8,14-15,24-26H2,1-2H3,(H,41,45). The summed E-state index contributed by atoms with van der Waals surface area (Å²) in [6, 6.07) is 25.5. The maximum absolute atomic E-state index is 15.2. The molecule has 252 valence electrons. The highest BCUT2D eigenvalue weighted by atomic mass is 35.5. The first-order chi connectivity index (χ1) is 23.0. The lowest BCUT2D eigenvalue weighted by Gasteiger charge is -2.35. The molecule has 0 aromatic heterocycles. The summed E-state index contributed by atoms with van der Waals surface area (Å²) in [4.78, 5) is 30.2. The third-order valence-electron chi connectivity index (χ3n) is 8.84. The minimum absolute atomic E-state index is 0.00628. The van der Waals surface area contributed by atoms with Crippen molar-refractivity contribution in [3.63, 3.8) is 0 Å². The van der Waals surface area contributed by atoms with Gasteiger partial charge in [0.05, 0.1) is 10.6 Å². The van der Waals surface area contributed by atoms with Gasteiger partial charge < -0.3 is 10.2 Å². The predicted molar refractivity (Wildman–Crippen MR) is 188 cm³/mol. The molecule has 0 aliphatic heterocycles. The van der Waals surface area contributed by atoms with Crippen molar-refractivity contribution in [2.45, 2.75) is 75.9 Å². The molecule has 4 aromatic carbocycles. The maximum Gasteiger partial charge on any atom is 0.264 e. The Labute approximate surface area is 287 Å². The van der Waals surface area contributed by atoms with Crippen LogP contribution in [0.4, 0.5) is 10.1 Å². The Morgan fingerprint density at radius 1 is 0.896 bits per heavy atom. The zero-order valence-electron chi connectivity index (χ0n) is 27.2. The number of carbonyl (C=O) groups is 2. The summed E-state index contributed by atoms with van der Waals surface area (Å²) >= 11 is 6.24. The summed E-state index contributed by atoms with van der Waals surface area (Å²) in [5, 5.41) is 3.58. The number of carbonyl (C=O) groups excluding carboxylic acids is 2. The number of sulfonamides is 1. The van der Waals surface area contributed by atoms with Gasteiger partial charge in [0.25, 0.3) is 10.0 Å². The van der Waals surface area contributed by atoms with E-state index in [1.807, 2.05) is 37.3 Å². The van der Waals surface area contributed by atoms with Crippen LogP contribution in [0.2, 0.25) is 5.02 Å². The van der Waals surface area contributed by atoms with Gasteiger partial charge in [-0.05, 0) is 74.2 Å². The molecule has 10 heteroatoms. The number of amides is 2. The van der Waals surface area contributed by atoms with Gasteiger partial charge in [0, 0.05) is 29.6 Å². The highest BCUT2D eigenvalue weighted by Gasteiger charge is 2.36. The Hall–Kier alpha value is -4.21. The fourth-order valence-corrected chi connectivity index (χ4v) is 7.86. The molecule has 48 heavy (non-hydrogen) atoms. The largest absolute Gasteiger partial charge is 0.352 e. The number of nitrogens with zero attached hydrogens (tertiary/aromatic N) is 2. The molecular formula is C38H41ClFN3O4S. The summed E-state index contributed by atoms with van der Waals surface area (Å²) in [6.45, 7) is 2.71. The normalized spacial score (nSPS) is 14.2. The summed E-state index contributed by atoms with van der Waals surface area (Å²) in [5.74, 6) is -1.53. The first-order valence-corrected chi connectivity index (χ1v) is 18.1. The number of aryl methyl sites for hydroxylation is 2. The number of hydrogen-bond acceptors (Lipinski definition) is 4. The topological polar surface area (TPSA) is 86.8 Å². The van der Waals surface area contributed by atoms with Crippen molar-refractivity contribution in [3.05, 3.63) is 130 Å². The van der Waals surface area contributed by atoms with E-state index in [-0.39, 0.29) is 41.1 Å². The molecule has 0 bridgehead atoms. The molecule has 1 aliphatic carbocycles. The summed E-state index contributed by atoms with van der Waals surface area (Å²) in [6.07, 6.45) is 4.93. The summed E-state index contributed by atoms with van der Waals surface area (Å²) < 4.78 is 44.8. The van der Waals surface area contributed by atoms with Crippen LogP contribution < -0.4 is 9.62 Å². The van der Waals surface area contributed by atoms with E-state index in [0.29, 0.717) is 10.6 Å². The molecule has 1 atom stereocenters. The number of benzene rings is 4. The van der Waals surface area contributed by atoms with Gasteiger partial charge in [-0.15, -0.1) is 0 Å². The zero-order valence-corrected chi connectivity index (χ0v) is 28.8. The van der Waals surface area contributed by atoms with Crippen molar-refractivity contribution >= 4 is 39.1 Å². The first-order valence-electron chi connectivity index (χ1n) is 16.3. The molecule has 1 saturated carbocycles. The van der Waals surface area contributed by atoms with E-state index in [2.05, 4.69) is 5.32 Å². The molecule has 1 aliphatic rings. The van der Waals surface area contributed by atoms with E-state index < -0.39 is 34.3 Å². The second-order valence-corrected chi connectivity index (χ2v) is 14.7. The van der Waals surface area contributed by atoms with Gasteiger partial charge in [-0.2, -0.15) is 0 Å². The van der Waals surface area contributed by atoms with Crippen LogP contribution in [0.1, 0.15) is 54.4 Å². The van der Waals surface area contributed by atoms with Crippen LogP contribution in [0.5, 0.6) is 0 Å². The van der Waals surface area contributed by atoms with E-state index in [0.717, 1.165) is 47.5 Å². The van der Waals surface area contributed by atoms with Gasteiger partial charge >= 0.3 is 0 Å². The van der Waals surface area contributed by atoms with E-state index in [4.69, 9.17) is 11.6 Å². The van der Waals surface area contributed by atoms with Crippen LogP contribution in [0.25, 0.3) is 0 Å². The molecule has 7 nitrogen and oxygen atoms in total. The highest BCUT2D eigenvalue weighted by molar-refractivity contribution is 7.92. The van der Waals surface area contributed by atoms with Gasteiger partial charge in [0.2, 0.25) is 11.8 Å². The highest BCUT2D eigenvalue weighted by Crippen LogP contribution is 2.30. The molecule has 1 fully saturated rings. The van der Waals surface area contributed by atoms with Crippen LogP contribution in [-0.2, 0) is 32.6 Å². The fourth-order valence-electron chi connectivity index (χ4n) is 6.16. The van der Waals surface area contributed by atoms with Crippen molar-refractivity contribution in [2.24, 2.45) is 0 Å². The predicted octanol–water partition coefficient (Wildman–Crippen LogP) is 7.38. The molecule has 0 radical (unpaired) electrons. The molecule has 4 aromatic rings. The molecular weight excluding hydrogens is 649 g/mol. The van der Waals surface area contributed by atoms with Crippen LogP contribution in [-0.4, -0.2) is 43.8 Å². The van der Waals surface area contributed by atoms with Crippen LogP contribution >= 0.6 is 11.6 Å². The van der Waals surface area contributed by atoms with Crippen molar-refractivity contribution in [1.29, 1.82) is 0 Å². The van der Waals surface area contributed by atoms with E-state index in [1.54, 1.807) is 55.5 Å². The number of halogens is 2. The Morgan fingerprint density at radius 2 is 1.56 bits per heavy atom. The third-order valence-corrected chi connectivity index (χ3v) is 10.8. The number of anilines is 1. The molecule has 2 amide bonds. The Bertz CT molecular complexity index is 1830. The van der Waals surface area contributed by atoms with Crippen LogP contribution in [0.15, 0.2) is 102 Å². The average molecular weight is 690 g/mol. The Morgan fingerprint density at radius 3 is 2.23 bits per heavy atom. The molecule has 0 saturated heterocycles. The molecule has 0 spiro atoms. The second-order valence-electron chi connectivity index (χ2n) is 12.4. The van der Waals surface area contributed by atoms with Crippen molar-refractivity contribution in [1.82, 2.24) is 10.2 Å². The smallest absolute Gasteiger partial charge is 0.264 e.